The fraction of sp³-hybridized carbons (Fsp3) is 0.190. The van der Waals surface area contributed by atoms with Crippen molar-refractivity contribution in [2.45, 2.75) is 0 Å². The standard InChI is InChI=1S/C14H18N2.C7H4N2O7/c1-15(2)12-9-5-7-11-8-6-10-13(14(11)12)16(3)4;10-6-4(7(11)12)1-3(8(13)14)2-5(6)9(15)16/h5-10H,1-4H3;1-2,10H,(H,11,12). The van der Waals surface area contributed by atoms with Gasteiger partial charge in [0.15, 0.2) is 0 Å². The average molecular weight is 442 g/mol. The van der Waals surface area contributed by atoms with E-state index in [1.54, 1.807) is 0 Å². The van der Waals surface area contributed by atoms with Crippen molar-refractivity contribution in [3.8, 4) is 5.75 Å². The molecule has 0 saturated heterocycles. The second-order valence-electron chi connectivity index (χ2n) is 7.24. The molecule has 2 N–H and O–H groups in total. The zero-order valence-corrected chi connectivity index (χ0v) is 17.9. The molecule has 11 nitrogen and oxygen atoms in total. The zero-order chi connectivity index (χ0) is 24.2. The number of carbonyl (C=O) groups is 1. The fourth-order valence-electron chi connectivity index (χ4n) is 3.11. The summed E-state index contributed by atoms with van der Waals surface area (Å²) in [6, 6.07) is 13.9. The summed E-state index contributed by atoms with van der Waals surface area (Å²) in [7, 11) is 8.52. The number of nitro benzene ring substituents is 2. The van der Waals surface area contributed by atoms with Crippen molar-refractivity contribution >= 4 is 39.5 Å². The molecule has 0 fully saturated rings. The number of non-ortho nitro benzene ring substituents is 1. The minimum Gasteiger partial charge on any atom is -0.867 e. The van der Waals surface area contributed by atoms with Crippen molar-refractivity contribution < 1.29 is 29.8 Å². The Balaban J connectivity index is 0.000000227. The van der Waals surface area contributed by atoms with Crippen LogP contribution in [0.15, 0.2) is 48.5 Å². The second kappa shape index (κ2) is 9.71. The van der Waals surface area contributed by atoms with E-state index in [0.29, 0.717) is 12.1 Å². The molecule has 0 saturated carbocycles. The van der Waals surface area contributed by atoms with Crippen LogP contribution in [0.1, 0.15) is 10.4 Å². The Morgan fingerprint density at radius 2 is 1.59 bits per heavy atom. The molecule has 0 unspecified atom stereocenters. The van der Waals surface area contributed by atoms with Crippen molar-refractivity contribution in [3.63, 3.8) is 0 Å². The van der Waals surface area contributed by atoms with Gasteiger partial charge in [0, 0.05) is 20.2 Å². The fourth-order valence-corrected chi connectivity index (χ4v) is 3.11. The minimum absolute atomic E-state index is 0.425. The van der Waals surface area contributed by atoms with Crippen LogP contribution >= 0.6 is 0 Å². The maximum atomic E-state index is 11.2. The molecule has 0 aromatic heterocycles. The summed E-state index contributed by atoms with van der Waals surface area (Å²) in [5.41, 5.74) is -0.313. The average Bonchev–Trinajstić information content (AvgIpc) is 2.72. The molecular weight excluding hydrogens is 420 g/mol. The number of aromatic carboxylic acids is 1. The first-order chi connectivity index (χ1) is 15.0. The molecule has 3 aromatic rings. The lowest BCUT2D eigenvalue weighted by Gasteiger charge is -2.18. The van der Waals surface area contributed by atoms with E-state index in [4.69, 9.17) is 5.11 Å². The molecule has 11 heteroatoms. The summed E-state index contributed by atoms with van der Waals surface area (Å²) < 4.78 is 0. The number of rotatable bonds is 5. The van der Waals surface area contributed by atoms with Gasteiger partial charge in [0.05, 0.1) is 46.6 Å². The number of benzene rings is 3. The third-order valence-electron chi connectivity index (χ3n) is 4.60. The van der Waals surface area contributed by atoms with Crippen LogP contribution in [0.5, 0.6) is 5.75 Å². The number of carboxylic acids is 1. The van der Waals surface area contributed by atoms with Crippen LogP contribution in [0.25, 0.3) is 10.8 Å². The lowest BCUT2D eigenvalue weighted by Crippen LogP contribution is -3.00. The number of fused-ring (bicyclic) bond motifs is 1. The van der Waals surface area contributed by atoms with Crippen LogP contribution in [0.2, 0.25) is 0 Å². The molecule has 0 aliphatic carbocycles. The summed E-state index contributed by atoms with van der Waals surface area (Å²) in [5.74, 6) is -3.11. The smallest absolute Gasteiger partial charge is 0.335 e. The van der Waals surface area contributed by atoms with E-state index in [9.17, 15) is 30.1 Å². The summed E-state index contributed by atoms with van der Waals surface area (Å²) in [5, 5.41) is 43.1. The molecule has 0 radical (unpaired) electrons. The largest absolute Gasteiger partial charge is 0.867 e. The first-order valence-electron chi connectivity index (χ1n) is 9.32. The molecule has 3 rings (SSSR count). The van der Waals surface area contributed by atoms with Gasteiger partial charge in [-0.15, -0.1) is 0 Å². The monoisotopic (exact) mass is 442 g/mol. The molecule has 0 heterocycles. The molecular formula is C21H22N4O7. The number of quaternary nitrogens is 1. The van der Waals surface area contributed by atoms with Gasteiger partial charge in [0.1, 0.15) is 5.69 Å². The van der Waals surface area contributed by atoms with Crippen molar-refractivity contribution in [1.29, 1.82) is 0 Å². The van der Waals surface area contributed by atoms with Gasteiger partial charge in [-0.2, -0.15) is 0 Å². The first-order valence-corrected chi connectivity index (χ1v) is 9.32. The number of hydrogen-bond donors (Lipinski definition) is 2. The van der Waals surface area contributed by atoms with Gasteiger partial charge in [-0.3, -0.25) is 20.2 Å². The molecule has 0 aliphatic heterocycles. The van der Waals surface area contributed by atoms with Crippen LogP contribution in [-0.2, 0) is 0 Å². The van der Waals surface area contributed by atoms with Crippen molar-refractivity contribution in [3.05, 3.63) is 74.3 Å². The number of carboxylic acid groups (broad SMARTS) is 1. The number of nitrogens with zero attached hydrogens (tertiary/aromatic N) is 3. The maximum Gasteiger partial charge on any atom is 0.335 e. The molecule has 32 heavy (non-hydrogen) atoms. The van der Waals surface area contributed by atoms with Crippen molar-refractivity contribution in [2.75, 3.05) is 33.1 Å². The van der Waals surface area contributed by atoms with E-state index in [1.807, 2.05) is 0 Å². The van der Waals surface area contributed by atoms with E-state index in [1.165, 1.54) is 27.0 Å². The Morgan fingerprint density at radius 3 is 2.06 bits per heavy atom. The van der Waals surface area contributed by atoms with E-state index >= 15 is 0 Å². The van der Waals surface area contributed by atoms with E-state index in [2.05, 4.69) is 69.5 Å². The number of anilines is 1. The molecule has 3 aromatic carbocycles. The Kier molecular flexibility index (Phi) is 7.29. The van der Waals surface area contributed by atoms with Gasteiger partial charge >= 0.3 is 5.97 Å². The van der Waals surface area contributed by atoms with Crippen LogP contribution in [0.3, 0.4) is 0 Å². The molecule has 0 aliphatic rings. The SMILES string of the molecule is CN(C)c1cccc2cccc([NH+](C)C)c12.O=C(O)c1cc([N+](=O)[O-])cc([N+](=O)[O-])c1[O-]. The molecule has 0 spiro atoms. The lowest BCUT2D eigenvalue weighted by atomic mass is 10.1. The van der Waals surface area contributed by atoms with E-state index < -0.39 is 38.5 Å². The summed E-state index contributed by atoms with van der Waals surface area (Å²) in [6.45, 7) is 0. The van der Waals surface area contributed by atoms with Crippen LogP contribution < -0.4 is 14.9 Å². The Morgan fingerprint density at radius 1 is 1.00 bits per heavy atom. The minimum atomic E-state index is -1.75. The third kappa shape index (κ3) is 5.08. The predicted octanol–water partition coefficient (Wildman–Crippen LogP) is 1.96. The van der Waals surface area contributed by atoms with Gasteiger partial charge in [0.2, 0.25) is 0 Å². The Bertz CT molecular complexity index is 1110. The molecule has 0 bridgehead atoms. The highest BCUT2D eigenvalue weighted by Crippen LogP contribution is 2.32. The maximum absolute atomic E-state index is 11.2. The Hall–Kier alpha value is -4.25. The van der Waals surface area contributed by atoms with E-state index in [-0.39, 0.29) is 0 Å². The van der Waals surface area contributed by atoms with Crippen LogP contribution in [0.4, 0.5) is 22.7 Å². The first kappa shape index (κ1) is 24.0. The number of nitro groups is 2. The lowest BCUT2D eigenvalue weighted by molar-refractivity contribution is -0.785. The highest BCUT2D eigenvalue weighted by molar-refractivity contribution is 6.00. The molecule has 0 atom stereocenters. The highest BCUT2D eigenvalue weighted by Gasteiger charge is 2.21. The normalized spacial score (nSPS) is 10.4. The van der Waals surface area contributed by atoms with Crippen LogP contribution in [-0.4, -0.2) is 49.1 Å². The highest BCUT2D eigenvalue weighted by atomic mass is 16.6. The molecule has 168 valence electrons. The second-order valence-corrected chi connectivity index (χ2v) is 7.24. The quantitative estimate of drug-likeness (QED) is 0.449. The van der Waals surface area contributed by atoms with Crippen molar-refractivity contribution in [1.82, 2.24) is 0 Å². The van der Waals surface area contributed by atoms with Gasteiger partial charge < -0.3 is 20.0 Å². The predicted molar refractivity (Wildman–Crippen MR) is 117 cm³/mol. The third-order valence-corrected chi connectivity index (χ3v) is 4.60. The topological polar surface area (TPSA) is 154 Å². The summed E-state index contributed by atoms with van der Waals surface area (Å²) in [4.78, 5) is 32.6. The van der Waals surface area contributed by atoms with Gasteiger partial charge in [0.25, 0.3) is 11.4 Å². The van der Waals surface area contributed by atoms with Crippen molar-refractivity contribution in [2.24, 2.45) is 0 Å². The summed E-state index contributed by atoms with van der Waals surface area (Å²) in [6.07, 6.45) is 0. The van der Waals surface area contributed by atoms with E-state index in [0.717, 1.165) is 0 Å². The zero-order valence-electron chi connectivity index (χ0n) is 17.9. The molecule has 0 amide bonds. The van der Waals surface area contributed by atoms with Gasteiger partial charge in [-0.25, -0.2) is 4.79 Å². The van der Waals surface area contributed by atoms with Gasteiger partial charge in [-0.1, -0.05) is 24.3 Å². The number of nitrogens with one attached hydrogen (secondary N) is 1. The number of hydrogen-bond acceptors (Lipinski definition) is 7. The van der Waals surface area contributed by atoms with Gasteiger partial charge in [-0.05, 0) is 23.3 Å². The Labute approximate surface area is 183 Å². The van der Waals surface area contributed by atoms with Crippen LogP contribution in [0, 0.1) is 20.2 Å². The summed E-state index contributed by atoms with van der Waals surface area (Å²) >= 11 is 0.